The van der Waals surface area contributed by atoms with Crippen molar-refractivity contribution in [1.29, 1.82) is 0 Å². The molecule has 1 aromatic heterocycles. The Morgan fingerprint density at radius 1 is 1.05 bits per heavy atom. The Kier molecular flexibility index (Phi) is 8.66. The molecule has 1 aliphatic rings. The van der Waals surface area contributed by atoms with E-state index in [0.29, 0.717) is 18.1 Å². The molecule has 0 saturated heterocycles. The molecule has 3 aromatic carbocycles. The molecule has 8 heteroatoms. The lowest BCUT2D eigenvalue weighted by atomic mass is 9.88. The predicted molar refractivity (Wildman–Crippen MR) is 166 cm³/mol. The molecule has 0 spiro atoms. The molecule has 0 saturated carbocycles. The zero-order valence-electron chi connectivity index (χ0n) is 24.1. The van der Waals surface area contributed by atoms with E-state index >= 15 is 0 Å². The number of benzene rings is 3. The summed E-state index contributed by atoms with van der Waals surface area (Å²) in [6.07, 6.45) is 2.79. The maximum absolute atomic E-state index is 14.6. The van der Waals surface area contributed by atoms with E-state index < -0.39 is 6.04 Å². The highest BCUT2D eigenvalue weighted by Gasteiger charge is 2.37. The van der Waals surface area contributed by atoms with Gasteiger partial charge >= 0.3 is 6.03 Å². The number of aromatic amines is 1. The van der Waals surface area contributed by atoms with Crippen molar-refractivity contribution in [2.75, 3.05) is 39.1 Å². The van der Waals surface area contributed by atoms with Crippen molar-refractivity contribution < 1.29 is 9.59 Å². The van der Waals surface area contributed by atoms with Gasteiger partial charge in [0.2, 0.25) is 5.91 Å². The molecule has 2 N–H and O–H groups in total. The number of H-pyrrole nitrogens is 1. The van der Waals surface area contributed by atoms with Gasteiger partial charge in [0.15, 0.2) is 0 Å². The molecule has 2 heterocycles. The number of rotatable bonds is 8. The summed E-state index contributed by atoms with van der Waals surface area (Å²) in [5, 5.41) is 4.83. The number of hydrogen-bond donors (Lipinski definition) is 2. The zero-order valence-corrected chi connectivity index (χ0v) is 24.9. The second kappa shape index (κ2) is 12.4. The minimum Gasteiger partial charge on any atom is -0.361 e. The maximum atomic E-state index is 14.6. The van der Waals surface area contributed by atoms with Gasteiger partial charge in [-0.1, -0.05) is 67.1 Å². The van der Waals surface area contributed by atoms with Crippen molar-refractivity contribution in [2.45, 2.75) is 31.8 Å². The minimum atomic E-state index is -0.790. The largest absolute Gasteiger partial charge is 0.361 e. The summed E-state index contributed by atoms with van der Waals surface area (Å²) in [5.41, 5.74) is 4.92. The molecular weight excluding hydrogens is 534 g/mol. The molecule has 5 rings (SSSR count). The van der Waals surface area contributed by atoms with Crippen molar-refractivity contribution in [3.8, 4) is 0 Å². The summed E-state index contributed by atoms with van der Waals surface area (Å²) in [5.74, 6) is -0.186. The van der Waals surface area contributed by atoms with Crippen LogP contribution in [0.1, 0.15) is 29.5 Å². The van der Waals surface area contributed by atoms with E-state index in [2.05, 4.69) is 15.2 Å². The zero-order chi connectivity index (χ0) is 29.1. The fraction of sp³-hybridized carbons (Fsp3) is 0.333. The van der Waals surface area contributed by atoms with E-state index in [1.165, 1.54) is 0 Å². The number of hydrogen-bond acceptors (Lipinski definition) is 3. The van der Waals surface area contributed by atoms with E-state index in [1.807, 2.05) is 105 Å². The van der Waals surface area contributed by atoms with Crippen molar-refractivity contribution >= 4 is 40.1 Å². The molecule has 0 bridgehead atoms. The lowest BCUT2D eigenvalue weighted by Crippen LogP contribution is -2.56. The lowest BCUT2D eigenvalue weighted by molar-refractivity contribution is -0.121. The SMILES string of the molecule is CC(c1c[nH]c2ccccc12)C(NC(=O)N(C)Cc1ccccc1)C(=O)N1C[C@@H](CN(C)C)Cc2cc(Cl)ccc21. The van der Waals surface area contributed by atoms with E-state index in [4.69, 9.17) is 11.6 Å². The van der Waals surface area contributed by atoms with E-state index in [0.717, 1.165) is 46.2 Å². The molecule has 7 nitrogen and oxygen atoms in total. The molecule has 0 radical (unpaired) electrons. The van der Waals surface area contributed by atoms with E-state index in [-0.39, 0.29) is 23.8 Å². The molecule has 1 aliphatic heterocycles. The molecule has 3 amide bonds. The van der Waals surface area contributed by atoms with Gasteiger partial charge in [0.25, 0.3) is 0 Å². The Balaban J connectivity index is 1.49. The average molecular weight is 572 g/mol. The van der Waals surface area contributed by atoms with Crippen LogP contribution in [0.2, 0.25) is 5.02 Å². The highest BCUT2D eigenvalue weighted by Crippen LogP contribution is 2.35. The van der Waals surface area contributed by atoms with Crippen LogP contribution in [0.15, 0.2) is 79.0 Å². The molecule has 41 heavy (non-hydrogen) atoms. The van der Waals surface area contributed by atoms with Crippen LogP contribution in [0.3, 0.4) is 0 Å². The third-order valence-corrected chi connectivity index (χ3v) is 8.17. The van der Waals surface area contributed by atoms with Gasteiger partial charge in [-0.05, 0) is 67.4 Å². The van der Waals surface area contributed by atoms with Crippen LogP contribution in [0.4, 0.5) is 10.5 Å². The van der Waals surface area contributed by atoms with Crippen molar-refractivity contribution in [1.82, 2.24) is 20.1 Å². The number of nitrogens with one attached hydrogen (secondary N) is 2. The number of nitrogens with zero attached hydrogens (tertiary/aromatic N) is 3. The summed E-state index contributed by atoms with van der Waals surface area (Å²) in [7, 11) is 5.85. The first-order valence-corrected chi connectivity index (χ1v) is 14.4. The van der Waals surface area contributed by atoms with Gasteiger partial charge in [0.1, 0.15) is 6.04 Å². The molecule has 214 valence electrons. The normalized spacial score (nSPS) is 16.3. The number of fused-ring (bicyclic) bond motifs is 2. The van der Waals surface area contributed by atoms with Gasteiger partial charge in [-0.25, -0.2) is 4.79 Å². The number of para-hydroxylation sites is 1. The number of urea groups is 1. The van der Waals surface area contributed by atoms with Crippen LogP contribution in [0.5, 0.6) is 0 Å². The van der Waals surface area contributed by atoms with Crippen LogP contribution in [0, 0.1) is 5.92 Å². The first-order valence-electron chi connectivity index (χ1n) is 14.1. The van der Waals surface area contributed by atoms with Gasteiger partial charge in [-0.15, -0.1) is 0 Å². The van der Waals surface area contributed by atoms with Gasteiger partial charge in [-0.2, -0.15) is 0 Å². The lowest BCUT2D eigenvalue weighted by Gasteiger charge is -2.39. The Morgan fingerprint density at radius 2 is 1.78 bits per heavy atom. The highest BCUT2D eigenvalue weighted by molar-refractivity contribution is 6.30. The fourth-order valence-electron chi connectivity index (χ4n) is 5.95. The summed E-state index contributed by atoms with van der Waals surface area (Å²) < 4.78 is 0. The number of carbonyl (C=O) groups is 2. The Hall–Kier alpha value is -3.81. The maximum Gasteiger partial charge on any atom is 0.318 e. The predicted octanol–water partition coefficient (Wildman–Crippen LogP) is 5.90. The molecule has 3 atom stereocenters. The Morgan fingerprint density at radius 3 is 2.54 bits per heavy atom. The highest BCUT2D eigenvalue weighted by atomic mass is 35.5. The van der Waals surface area contributed by atoms with Crippen LogP contribution in [0.25, 0.3) is 10.9 Å². The number of aromatic nitrogens is 1. The summed E-state index contributed by atoms with van der Waals surface area (Å²) in [6.45, 7) is 3.85. The van der Waals surface area contributed by atoms with Gasteiger partial charge < -0.3 is 25.0 Å². The van der Waals surface area contributed by atoms with Crippen LogP contribution in [-0.4, -0.2) is 67.0 Å². The second-order valence-electron chi connectivity index (χ2n) is 11.4. The van der Waals surface area contributed by atoms with E-state index in [9.17, 15) is 9.59 Å². The smallest absolute Gasteiger partial charge is 0.318 e. The number of carbonyl (C=O) groups excluding carboxylic acids is 2. The molecule has 0 aliphatic carbocycles. The number of anilines is 1. The fourth-order valence-corrected chi connectivity index (χ4v) is 6.15. The quantitative estimate of drug-likeness (QED) is 0.276. The van der Waals surface area contributed by atoms with Gasteiger partial charge in [0.05, 0.1) is 0 Å². The molecule has 4 aromatic rings. The Labute approximate surface area is 247 Å². The van der Waals surface area contributed by atoms with Gasteiger partial charge in [0, 0.05) is 60.4 Å². The van der Waals surface area contributed by atoms with Crippen LogP contribution < -0.4 is 10.2 Å². The first-order chi connectivity index (χ1) is 19.7. The first kappa shape index (κ1) is 28.7. The van der Waals surface area contributed by atoms with Crippen molar-refractivity contribution in [2.24, 2.45) is 5.92 Å². The molecular formula is C33H38ClN5O2. The molecule has 0 fully saturated rings. The topological polar surface area (TPSA) is 71.7 Å². The summed E-state index contributed by atoms with van der Waals surface area (Å²) in [4.78, 5) is 37.2. The van der Waals surface area contributed by atoms with Crippen LogP contribution in [-0.2, 0) is 17.8 Å². The average Bonchev–Trinajstić information content (AvgIpc) is 3.39. The van der Waals surface area contributed by atoms with Gasteiger partial charge in [-0.3, -0.25) is 4.79 Å². The minimum absolute atomic E-state index is 0.128. The third-order valence-electron chi connectivity index (χ3n) is 7.94. The van der Waals surface area contributed by atoms with Crippen LogP contribution >= 0.6 is 11.6 Å². The second-order valence-corrected chi connectivity index (χ2v) is 11.8. The summed E-state index contributed by atoms with van der Waals surface area (Å²) >= 11 is 6.38. The van der Waals surface area contributed by atoms with Crippen molar-refractivity contribution in [3.05, 3.63) is 101 Å². The summed E-state index contributed by atoms with van der Waals surface area (Å²) in [6, 6.07) is 22.5. The monoisotopic (exact) mass is 571 g/mol. The molecule has 2 unspecified atom stereocenters. The van der Waals surface area contributed by atoms with Crippen molar-refractivity contribution in [3.63, 3.8) is 0 Å². The third kappa shape index (κ3) is 6.42. The Bertz CT molecular complexity index is 1520. The number of amides is 3. The number of halogens is 1. The van der Waals surface area contributed by atoms with E-state index in [1.54, 1.807) is 11.9 Å². The standard InChI is InChI=1S/C33H38ClN5O2/c1-22(28-18-35-29-13-9-8-12-27(28)29)31(36-33(41)38(4)20-23-10-6-5-7-11-23)32(40)39-21-24(19-37(2)3)16-25-17-26(34)14-15-30(25)39/h5-15,17-18,22,24,31,35H,16,19-21H2,1-4H3,(H,36,41)/t22?,24-,31?/m1/s1.